The molecule has 100 valence electrons. The molecule has 1 aliphatic carbocycles. The van der Waals surface area contributed by atoms with Gasteiger partial charge in [-0.2, -0.15) is 0 Å². The minimum Gasteiger partial charge on any atom is -0.478 e. The second kappa shape index (κ2) is 4.18. The van der Waals surface area contributed by atoms with Gasteiger partial charge in [0.2, 0.25) is 5.89 Å². The number of aromatic nitrogens is 1. The van der Waals surface area contributed by atoms with Crippen molar-refractivity contribution in [2.75, 3.05) is 0 Å². The van der Waals surface area contributed by atoms with E-state index in [4.69, 9.17) is 4.42 Å². The Labute approximate surface area is 118 Å². The minimum absolute atomic E-state index is 0.182. The van der Waals surface area contributed by atoms with Gasteiger partial charge in [0.15, 0.2) is 5.58 Å². The highest BCUT2D eigenvalue weighted by Crippen LogP contribution is 2.37. The van der Waals surface area contributed by atoms with Crippen LogP contribution in [0.3, 0.4) is 0 Å². The van der Waals surface area contributed by atoms with Crippen molar-refractivity contribution in [2.24, 2.45) is 0 Å². The third-order valence-corrected chi connectivity index (χ3v) is 4.83. The number of carbonyl (C=O) groups is 1. The van der Waals surface area contributed by atoms with Crippen LogP contribution in [0.2, 0.25) is 0 Å². The summed E-state index contributed by atoms with van der Waals surface area (Å²) in [6.45, 7) is 0. The summed E-state index contributed by atoms with van der Waals surface area (Å²) >= 11 is 1.70. The number of para-hydroxylation sites is 1. The number of aryl methyl sites for hydroxylation is 2. The van der Waals surface area contributed by atoms with Crippen LogP contribution >= 0.6 is 11.3 Å². The molecule has 0 radical (unpaired) electrons. The summed E-state index contributed by atoms with van der Waals surface area (Å²) in [5, 5.41) is 9.18. The van der Waals surface area contributed by atoms with Gasteiger partial charge in [0.05, 0.1) is 10.4 Å². The molecular weight excluding hydrogens is 274 g/mol. The van der Waals surface area contributed by atoms with Crippen molar-refractivity contribution in [3.05, 3.63) is 40.3 Å². The van der Waals surface area contributed by atoms with E-state index in [0.717, 1.165) is 17.7 Å². The molecule has 0 saturated carbocycles. The molecule has 1 aromatic carbocycles. The number of carboxylic acid groups (broad SMARTS) is 1. The molecule has 0 saturated heterocycles. The van der Waals surface area contributed by atoms with E-state index in [1.165, 1.54) is 16.9 Å². The van der Waals surface area contributed by atoms with Crippen LogP contribution in [0.15, 0.2) is 28.7 Å². The minimum atomic E-state index is -0.982. The second-order valence-corrected chi connectivity index (χ2v) is 6.03. The average molecular weight is 285 g/mol. The predicted molar refractivity (Wildman–Crippen MR) is 76.3 cm³/mol. The van der Waals surface area contributed by atoms with Crippen LogP contribution in [-0.2, 0) is 12.8 Å². The molecule has 0 fully saturated rings. The van der Waals surface area contributed by atoms with Gasteiger partial charge in [-0.25, -0.2) is 9.78 Å². The molecular formula is C15H11NO3S. The average Bonchev–Trinajstić information content (AvgIpc) is 3.10. The molecule has 2 aromatic heterocycles. The normalized spacial score (nSPS) is 13.8. The number of hydrogen-bond donors (Lipinski definition) is 1. The molecule has 0 unspecified atom stereocenters. The summed E-state index contributed by atoms with van der Waals surface area (Å²) in [4.78, 5) is 18.0. The lowest BCUT2D eigenvalue weighted by Crippen LogP contribution is -1.96. The van der Waals surface area contributed by atoms with Crippen molar-refractivity contribution in [3.63, 3.8) is 0 Å². The lowest BCUT2D eigenvalue weighted by Gasteiger charge is -1.92. The van der Waals surface area contributed by atoms with E-state index in [1.807, 2.05) is 0 Å². The van der Waals surface area contributed by atoms with Crippen molar-refractivity contribution >= 4 is 28.4 Å². The predicted octanol–water partition coefficient (Wildman–Crippen LogP) is 3.74. The zero-order valence-electron chi connectivity index (χ0n) is 10.5. The monoisotopic (exact) mass is 285 g/mol. The first-order valence-corrected chi connectivity index (χ1v) is 7.29. The van der Waals surface area contributed by atoms with Crippen molar-refractivity contribution in [3.8, 4) is 10.8 Å². The zero-order chi connectivity index (χ0) is 13.7. The standard InChI is InChI=1S/C15H11NO3S/c17-15(18)9-4-2-5-10-13(9)16-14(19-10)12-7-8-3-1-6-11(8)20-12/h2,4-5,7H,1,3,6H2,(H,17,18). The summed E-state index contributed by atoms with van der Waals surface area (Å²) in [7, 11) is 0. The third kappa shape index (κ3) is 1.67. The van der Waals surface area contributed by atoms with E-state index in [9.17, 15) is 9.90 Å². The van der Waals surface area contributed by atoms with E-state index in [1.54, 1.807) is 29.5 Å². The Bertz CT molecular complexity index is 809. The SMILES string of the molecule is O=C(O)c1cccc2oc(-c3cc4c(s3)CCC4)nc12. The van der Waals surface area contributed by atoms with E-state index in [0.29, 0.717) is 17.0 Å². The van der Waals surface area contributed by atoms with Crippen LogP contribution in [0, 0.1) is 0 Å². The summed E-state index contributed by atoms with van der Waals surface area (Å²) < 4.78 is 5.72. The van der Waals surface area contributed by atoms with Crippen LogP contribution in [0.1, 0.15) is 27.2 Å². The molecule has 0 bridgehead atoms. The lowest BCUT2D eigenvalue weighted by molar-refractivity contribution is 0.0699. The van der Waals surface area contributed by atoms with Crippen LogP contribution in [0.25, 0.3) is 21.9 Å². The largest absolute Gasteiger partial charge is 0.478 e. The summed E-state index contributed by atoms with van der Waals surface area (Å²) in [5.41, 5.74) is 2.50. The van der Waals surface area contributed by atoms with Gasteiger partial charge in [-0.15, -0.1) is 11.3 Å². The van der Waals surface area contributed by atoms with Gasteiger partial charge in [-0.3, -0.25) is 0 Å². The number of rotatable bonds is 2. The first-order chi connectivity index (χ1) is 9.72. The van der Waals surface area contributed by atoms with Gasteiger partial charge in [0.25, 0.3) is 0 Å². The Morgan fingerprint density at radius 1 is 1.35 bits per heavy atom. The van der Waals surface area contributed by atoms with Crippen molar-refractivity contribution in [2.45, 2.75) is 19.3 Å². The first-order valence-electron chi connectivity index (χ1n) is 6.47. The highest BCUT2D eigenvalue weighted by atomic mass is 32.1. The van der Waals surface area contributed by atoms with Gasteiger partial charge in [-0.05, 0) is 43.0 Å². The smallest absolute Gasteiger partial charge is 0.338 e. The number of nitrogens with zero attached hydrogens (tertiary/aromatic N) is 1. The van der Waals surface area contributed by atoms with E-state index in [-0.39, 0.29) is 5.56 Å². The van der Waals surface area contributed by atoms with Crippen LogP contribution in [0.5, 0.6) is 0 Å². The molecule has 0 amide bonds. The maximum atomic E-state index is 11.2. The fourth-order valence-electron chi connectivity index (χ4n) is 2.66. The number of thiophene rings is 1. The Balaban J connectivity index is 1.88. The summed E-state index contributed by atoms with van der Waals surface area (Å²) in [6.07, 6.45) is 3.46. The maximum Gasteiger partial charge on any atom is 0.338 e. The van der Waals surface area contributed by atoms with Gasteiger partial charge >= 0.3 is 5.97 Å². The van der Waals surface area contributed by atoms with Gasteiger partial charge in [0, 0.05) is 4.88 Å². The maximum absolute atomic E-state index is 11.2. The van der Waals surface area contributed by atoms with Crippen molar-refractivity contribution in [1.29, 1.82) is 0 Å². The number of fused-ring (bicyclic) bond motifs is 2. The quantitative estimate of drug-likeness (QED) is 0.779. The molecule has 2 heterocycles. The lowest BCUT2D eigenvalue weighted by atomic mass is 10.2. The molecule has 1 aliphatic rings. The van der Waals surface area contributed by atoms with Gasteiger partial charge in [0.1, 0.15) is 5.52 Å². The highest BCUT2D eigenvalue weighted by Gasteiger charge is 2.20. The van der Waals surface area contributed by atoms with Gasteiger partial charge in [-0.1, -0.05) is 6.07 Å². The molecule has 20 heavy (non-hydrogen) atoms. The highest BCUT2D eigenvalue weighted by molar-refractivity contribution is 7.15. The van der Waals surface area contributed by atoms with Gasteiger partial charge < -0.3 is 9.52 Å². The number of hydrogen-bond acceptors (Lipinski definition) is 4. The van der Waals surface area contributed by atoms with Crippen LogP contribution in [0.4, 0.5) is 0 Å². The fraction of sp³-hybridized carbons (Fsp3) is 0.200. The Morgan fingerprint density at radius 3 is 3.05 bits per heavy atom. The molecule has 0 aliphatic heterocycles. The molecule has 4 rings (SSSR count). The molecule has 0 spiro atoms. The van der Waals surface area contributed by atoms with Crippen LogP contribution in [-0.4, -0.2) is 16.1 Å². The van der Waals surface area contributed by atoms with Crippen molar-refractivity contribution < 1.29 is 14.3 Å². The first kappa shape index (κ1) is 11.7. The van der Waals surface area contributed by atoms with Crippen LogP contribution < -0.4 is 0 Å². The molecule has 5 heteroatoms. The Morgan fingerprint density at radius 2 is 2.25 bits per heavy atom. The fourth-order valence-corrected chi connectivity index (χ4v) is 3.84. The number of benzene rings is 1. The number of aromatic carboxylic acids is 1. The van der Waals surface area contributed by atoms with Crippen molar-refractivity contribution in [1.82, 2.24) is 4.98 Å². The Kier molecular flexibility index (Phi) is 2.44. The second-order valence-electron chi connectivity index (χ2n) is 4.89. The molecule has 4 nitrogen and oxygen atoms in total. The summed E-state index contributed by atoms with van der Waals surface area (Å²) in [5.74, 6) is -0.461. The van der Waals surface area contributed by atoms with E-state index in [2.05, 4.69) is 11.1 Å². The topological polar surface area (TPSA) is 63.3 Å². The molecule has 0 atom stereocenters. The summed E-state index contributed by atoms with van der Waals surface area (Å²) in [6, 6.07) is 7.10. The Hall–Kier alpha value is -2.14. The number of oxazole rings is 1. The molecule has 3 aromatic rings. The molecule has 1 N–H and O–H groups in total. The van der Waals surface area contributed by atoms with E-state index >= 15 is 0 Å². The number of carboxylic acids is 1. The van der Waals surface area contributed by atoms with E-state index < -0.39 is 5.97 Å². The third-order valence-electron chi connectivity index (χ3n) is 3.61. The zero-order valence-corrected chi connectivity index (χ0v) is 11.4.